The summed E-state index contributed by atoms with van der Waals surface area (Å²) in [6.45, 7) is 4.48. The minimum atomic E-state index is -0.182. The van der Waals surface area contributed by atoms with Gasteiger partial charge in [-0.2, -0.15) is 0 Å². The van der Waals surface area contributed by atoms with Crippen LogP contribution in [0.4, 0.5) is 0 Å². The Morgan fingerprint density at radius 1 is 1.45 bits per heavy atom. The van der Waals surface area contributed by atoms with Crippen molar-refractivity contribution in [1.29, 1.82) is 0 Å². The second-order valence-corrected chi connectivity index (χ2v) is 4.93. The van der Waals surface area contributed by atoms with Gasteiger partial charge in [0.25, 0.3) is 0 Å². The standard InChI is InChI=1S/C9H13ClO/c1-9(2)5-3-7(10)8(11)4-6(5)9/h5-7H,3-4H2,1-2H3. The van der Waals surface area contributed by atoms with Crippen LogP contribution in [0, 0.1) is 17.3 Å². The fourth-order valence-electron chi connectivity index (χ4n) is 2.43. The molecule has 0 aromatic heterocycles. The van der Waals surface area contributed by atoms with Crippen molar-refractivity contribution >= 4 is 17.4 Å². The highest BCUT2D eigenvalue weighted by molar-refractivity contribution is 6.31. The maximum Gasteiger partial charge on any atom is 0.150 e. The van der Waals surface area contributed by atoms with Crippen LogP contribution in [0.5, 0.6) is 0 Å². The third-order valence-electron chi connectivity index (χ3n) is 3.52. The molecule has 0 spiro atoms. The molecule has 2 heteroatoms. The second-order valence-electron chi connectivity index (χ2n) is 4.41. The average Bonchev–Trinajstić information content (AvgIpc) is 2.39. The summed E-state index contributed by atoms with van der Waals surface area (Å²) in [6.07, 6.45) is 1.64. The van der Waals surface area contributed by atoms with Crippen LogP contribution in [0.15, 0.2) is 0 Å². The molecule has 0 aliphatic heterocycles. The molecular formula is C9H13ClO. The van der Waals surface area contributed by atoms with Crippen molar-refractivity contribution in [1.82, 2.24) is 0 Å². The maximum atomic E-state index is 11.2. The number of rotatable bonds is 0. The quantitative estimate of drug-likeness (QED) is 0.513. The maximum absolute atomic E-state index is 11.2. The van der Waals surface area contributed by atoms with E-state index >= 15 is 0 Å². The van der Waals surface area contributed by atoms with Crippen LogP contribution in [0.1, 0.15) is 26.7 Å². The summed E-state index contributed by atoms with van der Waals surface area (Å²) in [6, 6.07) is 0. The summed E-state index contributed by atoms with van der Waals surface area (Å²) in [4.78, 5) is 11.2. The molecule has 2 aliphatic carbocycles. The van der Waals surface area contributed by atoms with Gasteiger partial charge in [-0.15, -0.1) is 11.6 Å². The Bertz CT molecular complexity index is 210. The average molecular weight is 173 g/mol. The van der Waals surface area contributed by atoms with Crippen molar-refractivity contribution in [2.45, 2.75) is 32.1 Å². The zero-order valence-corrected chi connectivity index (χ0v) is 7.69. The van der Waals surface area contributed by atoms with E-state index in [0.717, 1.165) is 18.8 Å². The Balaban J connectivity index is 2.12. The molecule has 3 unspecified atom stereocenters. The molecule has 0 heterocycles. The molecule has 3 atom stereocenters. The summed E-state index contributed by atoms with van der Waals surface area (Å²) in [7, 11) is 0. The molecule has 0 bridgehead atoms. The van der Waals surface area contributed by atoms with Crippen LogP contribution in [-0.4, -0.2) is 11.2 Å². The van der Waals surface area contributed by atoms with Crippen LogP contribution in [0.3, 0.4) is 0 Å². The lowest BCUT2D eigenvalue weighted by Crippen LogP contribution is -2.20. The van der Waals surface area contributed by atoms with Crippen molar-refractivity contribution in [3.63, 3.8) is 0 Å². The Kier molecular flexibility index (Phi) is 1.39. The topological polar surface area (TPSA) is 17.1 Å². The largest absolute Gasteiger partial charge is 0.298 e. The van der Waals surface area contributed by atoms with Crippen LogP contribution in [-0.2, 0) is 4.79 Å². The summed E-state index contributed by atoms with van der Waals surface area (Å²) >= 11 is 5.87. The van der Waals surface area contributed by atoms with Gasteiger partial charge in [0.15, 0.2) is 5.78 Å². The molecule has 0 amide bonds. The first-order chi connectivity index (χ1) is 5.03. The summed E-state index contributed by atoms with van der Waals surface area (Å²) in [5, 5.41) is -0.182. The van der Waals surface area contributed by atoms with Crippen LogP contribution < -0.4 is 0 Å². The zero-order valence-electron chi connectivity index (χ0n) is 6.93. The molecule has 62 valence electrons. The molecule has 1 nitrogen and oxygen atoms in total. The first-order valence-corrected chi connectivity index (χ1v) is 4.64. The van der Waals surface area contributed by atoms with Crippen molar-refractivity contribution in [3.05, 3.63) is 0 Å². The van der Waals surface area contributed by atoms with Gasteiger partial charge in [0.2, 0.25) is 0 Å². The van der Waals surface area contributed by atoms with Crippen molar-refractivity contribution in [3.8, 4) is 0 Å². The molecule has 0 aromatic rings. The van der Waals surface area contributed by atoms with Crippen LogP contribution >= 0.6 is 11.6 Å². The highest BCUT2D eigenvalue weighted by Crippen LogP contribution is 2.64. The summed E-state index contributed by atoms with van der Waals surface area (Å²) in [5.74, 6) is 1.63. The number of ketones is 1. The van der Waals surface area contributed by atoms with E-state index < -0.39 is 0 Å². The van der Waals surface area contributed by atoms with E-state index in [1.165, 1.54) is 0 Å². The first-order valence-electron chi connectivity index (χ1n) is 4.20. The van der Waals surface area contributed by atoms with Gasteiger partial charge >= 0.3 is 0 Å². The van der Waals surface area contributed by atoms with Gasteiger partial charge in [0.05, 0.1) is 5.38 Å². The molecule has 0 aromatic carbocycles. The van der Waals surface area contributed by atoms with E-state index in [0.29, 0.717) is 11.3 Å². The Morgan fingerprint density at radius 3 is 2.64 bits per heavy atom. The molecule has 0 N–H and O–H groups in total. The first kappa shape index (κ1) is 7.60. The van der Waals surface area contributed by atoms with E-state index in [2.05, 4.69) is 13.8 Å². The normalized spacial score (nSPS) is 46.8. The molecule has 2 rings (SSSR count). The van der Waals surface area contributed by atoms with Gasteiger partial charge in [-0.1, -0.05) is 13.8 Å². The van der Waals surface area contributed by atoms with Crippen LogP contribution in [0.2, 0.25) is 0 Å². The van der Waals surface area contributed by atoms with Gasteiger partial charge < -0.3 is 0 Å². The van der Waals surface area contributed by atoms with Gasteiger partial charge in [-0.25, -0.2) is 0 Å². The molecule has 0 radical (unpaired) electrons. The number of carbonyl (C=O) groups excluding carboxylic acids is 1. The van der Waals surface area contributed by atoms with E-state index in [1.54, 1.807) is 0 Å². The smallest absolute Gasteiger partial charge is 0.150 e. The van der Waals surface area contributed by atoms with E-state index in [9.17, 15) is 4.79 Å². The van der Waals surface area contributed by atoms with Gasteiger partial charge in [0, 0.05) is 6.42 Å². The van der Waals surface area contributed by atoms with Crippen molar-refractivity contribution < 1.29 is 4.79 Å². The molecule has 2 aliphatic rings. The summed E-state index contributed by atoms with van der Waals surface area (Å²) < 4.78 is 0. The van der Waals surface area contributed by atoms with Crippen molar-refractivity contribution in [2.75, 3.05) is 0 Å². The predicted octanol–water partition coefficient (Wildman–Crippen LogP) is 2.23. The minimum absolute atomic E-state index is 0.182. The molecule has 11 heavy (non-hydrogen) atoms. The van der Waals surface area contributed by atoms with Crippen LogP contribution in [0.25, 0.3) is 0 Å². The molecule has 2 fully saturated rings. The zero-order chi connectivity index (χ0) is 8.22. The fourth-order valence-corrected chi connectivity index (χ4v) is 2.71. The fraction of sp³-hybridized carbons (Fsp3) is 0.889. The van der Waals surface area contributed by atoms with E-state index in [4.69, 9.17) is 11.6 Å². The molecular weight excluding hydrogens is 160 g/mol. The predicted molar refractivity (Wildman–Crippen MR) is 44.6 cm³/mol. The Labute approximate surface area is 72.1 Å². The number of halogens is 1. The molecule has 2 saturated carbocycles. The monoisotopic (exact) mass is 172 g/mol. The van der Waals surface area contributed by atoms with E-state index in [1.807, 2.05) is 0 Å². The SMILES string of the molecule is CC1(C)C2CC(=O)C(Cl)CC21. The summed E-state index contributed by atoms with van der Waals surface area (Å²) in [5.41, 5.74) is 0.402. The third-order valence-corrected chi connectivity index (χ3v) is 3.94. The van der Waals surface area contributed by atoms with Gasteiger partial charge in [-0.3, -0.25) is 4.79 Å². The highest BCUT2D eigenvalue weighted by Gasteiger charge is 2.60. The number of hydrogen-bond donors (Lipinski definition) is 0. The van der Waals surface area contributed by atoms with E-state index in [-0.39, 0.29) is 11.2 Å². The van der Waals surface area contributed by atoms with Gasteiger partial charge in [-0.05, 0) is 23.7 Å². The lowest BCUT2D eigenvalue weighted by Gasteiger charge is -2.12. The molecule has 0 saturated heterocycles. The number of Topliss-reactive ketones (excluding diaryl/α,β-unsaturated/α-hetero) is 1. The minimum Gasteiger partial charge on any atom is -0.298 e. The Morgan fingerprint density at radius 2 is 2.09 bits per heavy atom. The highest BCUT2D eigenvalue weighted by atomic mass is 35.5. The number of alkyl halides is 1. The lowest BCUT2D eigenvalue weighted by molar-refractivity contribution is -0.120. The van der Waals surface area contributed by atoms with Crippen molar-refractivity contribution in [2.24, 2.45) is 17.3 Å². The number of carbonyl (C=O) groups is 1. The number of hydrogen-bond acceptors (Lipinski definition) is 1. The second kappa shape index (κ2) is 2.01. The third kappa shape index (κ3) is 0.936. The number of fused-ring (bicyclic) bond motifs is 1. The lowest BCUT2D eigenvalue weighted by atomic mass is 9.99. The van der Waals surface area contributed by atoms with Gasteiger partial charge in [0.1, 0.15) is 0 Å². The Hall–Kier alpha value is -0.0400.